The summed E-state index contributed by atoms with van der Waals surface area (Å²) in [6.07, 6.45) is 1.61. The van der Waals surface area contributed by atoms with Crippen LogP contribution in [0.5, 0.6) is 0 Å². The Morgan fingerprint density at radius 1 is 1.20 bits per heavy atom. The summed E-state index contributed by atoms with van der Waals surface area (Å²) in [5.41, 5.74) is -0.551. The second-order valence-corrected chi connectivity index (χ2v) is 7.13. The highest BCUT2D eigenvalue weighted by molar-refractivity contribution is 6.62. The summed E-state index contributed by atoms with van der Waals surface area (Å²) in [6.45, 7) is 11.3. The van der Waals surface area contributed by atoms with E-state index in [0.717, 1.165) is 0 Å². The zero-order chi connectivity index (χ0) is 15.3. The summed E-state index contributed by atoms with van der Waals surface area (Å²) >= 11 is 5.94. The minimum atomic E-state index is -1.05. The third-order valence-electron chi connectivity index (χ3n) is 4.07. The molecule has 1 saturated heterocycles. The van der Waals surface area contributed by atoms with Gasteiger partial charge in [-0.25, -0.2) is 4.98 Å². The van der Waals surface area contributed by atoms with Crippen LogP contribution < -0.4 is 5.46 Å². The van der Waals surface area contributed by atoms with E-state index in [1.807, 2.05) is 27.7 Å². The van der Waals surface area contributed by atoms with Crippen molar-refractivity contribution < 1.29 is 14.4 Å². The van der Waals surface area contributed by atoms with Gasteiger partial charge in [0.1, 0.15) is 5.15 Å². The first kappa shape index (κ1) is 15.8. The number of halogens is 1. The molecule has 1 aromatic heterocycles. The molecule has 110 valence electrons. The van der Waals surface area contributed by atoms with E-state index < -0.39 is 23.9 Å². The van der Waals surface area contributed by atoms with E-state index in [2.05, 4.69) is 4.98 Å². The molecule has 0 atom stereocenters. The number of nitrogens with zero attached hydrogens (tertiary/aromatic N) is 1. The van der Waals surface area contributed by atoms with Gasteiger partial charge in [0.2, 0.25) is 0 Å². The van der Waals surface area contributed by atoms with Gasteiger partial charge in [0, 0.05) is 11.7 Å². The fourth-order valence-corrected chi connectivity index (χ4v) is 2.29. The van der Waals surface area contributed by atoms with Gasteiger partial charge < -0.3 is 14.4 Å². The van der Waals surface area contributed by atoms with Gasteiger partial charge in [-0.1, -0.05) is 11.6 Å². The zero-order valence-electron chi connectivity index (χ0n) is 12.8. The largest absolute Gasteiger partial charge is 0.496 e. The number of aromatic nitrogens is 1. The standard InChI is InChI=1S/C14H21BClNO3/c1-12(2,18)9-7-11(16)17-8-10(9)15-19-13(3,4)14(5,6)20-15/h7-8,18H,1-6H3. The fraction of sp³-hybridized carbons (Fsp3) is 0.643. The number of pyridine rings is 1. The summed E-state index contributed by atoms with van der Waals surface area (Å²) in [4.78, 5) is 4.09. The van der Waals surface area contributed by atoms with E-state index in [9.17, 15) is 5.11 Å². The van der Waals surface area contributed by atoms with Crippen LogP contribution in [0.4, 0.5) is 0 Å². The molecule has 1 aliphatic rings. The van der Waals surface area contributed by atoms with E-state index in [-0.39, 0.29) is 0 Å². The number of aliphatic hydroxyl groups is 1. The number of hydrogen-bond acceptors (Lipinski definition) is 4. The molecular weight excluding hydrogens is 276 g/mol. The molecule has 2 heterocycles. The number of hydrogen-bond donors (Lipinski definition) is 1. The topological polar surface area (TPSA) is 51.6 Å². The minimum Gasteiger partial charge on any atom is -0.399 e. The molecule has 0 spiro atoms. The zero-order valence-corrected chi connectivity index (χ0v) is 13.6. The van der Waals surface area contributed by atoms with Gasteiger partial charge in [-0.2, -0.15) is 0 Å². The molecule has 0 amide bonds. The fourth-order valence-electron chi connectivity index (χ4n) is 2.13. The van der Waals surface area contributed by atoms with E-state index >= 15 is 0 Å². The van der Waals surface area contributed by atoms with Crippen molar-refractivity contribution in [3.8, 4) is 0 Å². The van der Waals surface area contributed by atoms with Gasteiger partial charge in [0.15, 0.2) is 0 Å². The molecule has 0 saturated carbocycles. The molecule has 0 unspecified atom stereocenters. The van der Waals surface area contributed by atoms with Crippen molar-refractivity contribution >= 4 is 24.2 Å². The lowest BCUT2D eigenvalue weighted by molar-refractivity contribution is 0.00578. The maximum absolute atomic E-state index is 10.3. The van der Waals surface area contributed by atoms with Crippen molar-refractivity contribution in [3.63, 3.8) is 0 Å². The minimum absolute atomic E-state index is 0.336. The summed E-state index contributed by atoms with van der Waals surface area (Å²) < 4.78 is 12.0. The molecule has 1 aliphatic heterocycles. The van der Waals surface area contributed by atoms with Crippen molar-refractivity contribution in [3.05, 3.63) is 23.0 Å². The van der Waals surface area contributed by atoms with Gasteiger partial charge in [0.25, 0.3) is 0 Å². The maximum atomic E-state index is 10.3. The lowest BCUT2D eigenvalue weighted by Crippen LogP contribution is -2.41. The Labute approximate surface area is 125 Å². The molecule has 1 fully saturated rings. The van der Waals surface area contributed by atoms with Crippen LogP contribution in [0, 0.1) is 0 Å². The van der Waals surface area contributed by atoms with Crippen LogP contribution in [0.15, 0.2) is 12.3 Å². The molecule has 2 rings (SSSR count). The van der Waals surface area contributed by atoms with Crippen LogP contribution in [-0.4, -0.2) is 28.4 Å². The summed E-state index contributed by atoms with van der Waals surface area (Å²) in [7, 11) is -0.564. The monoisotopic (exact) mass is 297 g/mol. The highest BCUT2D eigenvalue weighted by Gasteiger charge is 2.52. The van der Waals surface area contributed by atoms with Crippen molar-refractivity contribution in [2.75, 3.05) is 0 Å². The second kappa shape index (κ2) is 4.70. The SMILES string of the molecule is CC(C)(O)c1cc(Cl)ncc1B1OC(C)(C)C(C)(C)O1. The average molecular weight is 298 g/mol. The molecule has 0 bridgehead atoms. The molecule has 6 heteroatoms. The molecular formula is C14H21BClNO3. The van der Waals surface area contributed by atoms with Gasteiger partial charge in [-0.15, -0.1) is 0 Å². The first-order chi connectivity index (χ1) is 8.94. The molecule has 0 radical (unpaired) electrons. The Kier molecular flexibility index (Phi) is 3.71. The molecule has 4 nitrogen and oxygen atoms in total. The predicted molar refractivity (Wildman–Crippen MR) is 80.2 cm³/mol. The predicted octanol–water partition coefficient (Wildman–Crippen LogP) is 2.26. The van der Waals surface area contributed by atoms with Crippen LogP contribution in [-0.2, 0) is 14.9 Å². The van der Waals surface area contributed by atoms with E-state index in [4.69, 9.17) is 20.9 Å². The highest BCUT2D eigenvalue weighted by Crippen LogP contribution is 2.37. The third kappa shape index (κ3) is 2.73. The lowest BCUT2D eigenvalue weighted by Gasteiger charge is -2.32. The molecule has 20 heavy (non-hydrogen) atoms. The van der Waals surface area contributed by atoms with Crippen LogP contribution in [0.25, 0.3) is 0 Å². The maximum Gasteiger partial charge on any atom is 0.496 e. The summed E-state index contributed by atoms with van der Waals surface area (Å²) in [5.74, 6) is 0. The second-order valence-electron chi connectivity index (χ2n) is 6.74. The molecule has 1 aromatic rings. The lowest BCUT2D eigenvalue weighted by atomic mass is 9.73. The molecule has 0 aromatic carbocycles. The smallest absolute Gasteiger partial charge is 0.399 e. The highest BCUT2D eigenvalue weighted by atomic mass is 35.5. The molecule has 1 N–H and O–H groups in total. The quantitative estimate of drug-likeness (QED) is 0.672. The Bertz CT molecular complexity index is 510. The number of rotatable bonds is 2. The molecule has 0 aliphatic carbocycles. The Hall–Kier alpha value is -0.615. The van der Waals surface area contributed by atoms with Gasteiger partial charge in [-0.05, 0) is 53.2 Å². The van der Waals surface area contributed by atoms with Crippen molar-refractivity contribution in [2.24, 2.45) is 0 Å². The first-order valence-corrected chi connectivity index (χ1v) is 7.06. The van der Waals surface area contributed by atoms with Crippen LogP contribution in [0.1, 0.15) is 47.1 Å². The van der Waals surface area contributed by atoms with E-state index in [1.54, 1.807) is 26.1 Å². The normalized spacial score (nSPS) is 21.3. The van der Waals surface area contributed by atoms with Crippen molar-refractivity contribution in [1.29, 1.82) is 0 Å². The van der Waals surface area contributed by atoms with Crippen LogP contribution in [0.2, 0.25) is 5.15 Å². The summed E-state index contributed by atoms with van der Waals surface area (Å²) in [5, 5.41) is 10.7. The first-order valence-electron chi connectivity index (χ1n) is 6.68. The Morgan fingerprint density at radius 3 is 2.15 bits per heavy atom. The van der Waals surface area contributed by atoms with Gasteiger partial charge in [-0.3, -0.25) is 0 Å². The summed E-state index contributed by atoms with van der Waals surface area (Å²) in [6, 6.07) is 1.65. The average Bonchev–Trinajstić information content (AvgIpc) is 2.46. The Morgan fingerprint density at radius 2 is 1.70 bits per heavy atom. The van der Waals surface area contributed by atoms with Crippen LogP contribution in [0.3, 0.4) is 0 Å². The third-order valence-corrected chi connectivity index (χ3v) is 4.27. The van der Waals surface area contributed by atoms with Crippen molar-refractivity contribution in [1.82, 2.24) is 4.98 Å². The van der Waals surface area contributed by atoms with Crippen molar-refractivity contribution in [2.45, 2.75) is 58.3 Å². The van der Waals surface area contributed by atoms with E-state index in [1.165, 1.54) is 0 Å². The van der Waals surface area contributed by atoms with E-state index in [0.29, 0.717) is 16.2 Å². The van der Waals surface area contributed by atoms with Gasteiger partial charge in [0.05, 0.1) is 16.8 Å². The van der Waals surface area contributed by atoms with Gasteiger partial charge >= 0.3 is 7.12 Å². The van der Waals surface area contributed by atoms with Crippen LogP contribution >= 0.6 is 11.6 Å². The Balaban J connectivity index is 2.46.